The fourth-order valence-electron chi connectivity index (χ4n) is 2.35. The van der Waals surface area contributed by atoms with Crippen LogP contribution in [0.25, 0.3) is 0 Å². The number of non-ortho nitro benzene ring substituents is 1. The molecule has 0 atom stereocenters. The molecule has 0 unspecified atom stereocenters. The van der Waals surface area contributed by atoms with Crippen molar-refractivity contribution in [3.05, 3.63) is 80.8 Å². The molecule has 3 aromatic rings. The van der Waals surface area contributed by atoms with E-state index in [1.54, 1.807) is 6.20 Å². The van der Waals surface area contributed by atoms with Crippen LogP contribution in [-0.4, -0.2) is 30.8 Å². The van der Waals surface area contributed by atoms with Crippen LogP contribution in [0.2, 0.25) is 0 Å². The van der Waals surface area contributed by atoms with Gasteiger partial charge >= 0.3 is 10.1 Å². The molecule has 29 heavy (non-hydrogen) atoms. The zero-order valence-electron chi connectivity index (χ0n) is 14.8. The third kappa shape index (κ3) is 5.36. The van der Waals surface area contributed by atoms with Gasteiger partial charge in [-0.15, -0.1) is 11.3 Å². The molecule has 0 bridgehead atoms. The first-order valence-corrected chi connectivity index (χ1v) is 10.6. The molecule has 0 radical (unpaired) electrons. The Labute approximate surface area is 170 Å². The van der Waals surface area contributed by atoms with Gasteiger partial charge in [0.05, 0.1) is 9.93 Å². The number of amides is 1. The maximum Gasteiger partial charge on any atom is 0.339 e. The molecule has 0 aliphatic carbocycles. The number of thiazole rings is 1. The number of nitrogens with zero attached hydrogens (tertiary/aromatic N) is 2. The van der Waals surface area contributed by atoms with Crippen molar-refractivity contribution in [3.63, 3.8) is 0 Å². The summed E-state index contributed by atoms with van der Waals surface area (Å²) in [6.07, 6.45) is 2.31. The topological polar surface area (TPSA) is 128 Å². The van der Waals surface area contributed by atoms with Gasteiger partial charge in [-0.2, -0.15) is 8.42 Å². The van der Waals surface area contributed by atoms with Gasteiger partial charge in [-0.25, -0.2) is 4.98 Å². The van der Waals surface area contributed by atoms with E-state index >= 15 is 0 Å². The van der Waals surface area contributed by atoms with Gasteiger partial charge in [0.1, 0.15) is 10.6 Å². The summed E-state index contributed by atoms with van der Waals surface area (Å²) in [6, 6.07) is 10.1. The first-order chi connectivity index (χ1) is 13.8. The average Bonchev–Trinajstić information content (AvgIpc) is 3.22. The molecule has 150 valence electrons. The zero-order chi connectivity index (χ0) is 20.9. The smallest absolute Gasteiger partial charge is 0.339 e. The fourth-order valence-corrected chi connectivity index (χ4v) is 3.94. The summed E-state index contributed by atoms with van der Waals surface area (Å²) < 4.78 is 29.6. The van der Waals surface area contributed by atoms with Crippen molar-refractivity contribution in [2.24, 2.45) is 0 Å². The van der Waals surface area contributed by atoms with Crippen molar-refractivity contribution in [2.45, 2.75) is 11.3 Å². The van der Waals surface area contributed by atoms with Gasteiger partial charge in [-0.3, -0.25) is 14.9 Å². The van der Waals surface area contributed by atoms with Crippen molar-refractivity contribution in [1.29, 1.82) is 0 Å². The van der Waals surface area contributed by atoms with Gasteiger partial charge < -0.3 is 9.50 Å². The molecule has 0 saturated carbocycles. The number of hydrogen-bond acceptors (Lipinski definition) is 8. The molecular formula is C18H15N3O6S2. The van der Waals surface area contributed by atoms with Crippen LogP contribution >= 0.6 is 11.3 Å². The lowest BCUT2D eigenvalue weighted by Crippen LogP contribution is -2.25. The maximum atomic E-state index is 12.3. The molecule has 1 aromatic heterocycles. The van der Waals surface area contributed by atoms with Gasteiger partial charge in [0.15, 0.2) is 0 Å². The number of carbonyl (C=O) groups is 1. The van der Waals surface area contributed by atoms with E-state index in [2.05, 4.69) is 10.3 Å². The van der Waals surface area contributed by atoms with Crippen LogP contribution in [-0.2, 0) is 16.5 Å². The number of nitro groups is 1. The fraction of sp³-hybridized carbons (Fsp3) is 0.111. The SMILES string of the molecule is O=C(NCCc1nccs1)c1ccc(OS(=O)(=O)c2cccc([N+](=O)[O-])c2)cc1. The van der Waals surface area contributed by atoms with Crippen molar-refractivity contribution < 1.29 is 22.3 Å². The van der Waals surface area contributed by atoms with Crippen LogP contribution in [0.4, 0.5) is 5.69 Å². The van der Waals surface area contributed by atoms with Gasteiger partial charge in [0, 0.05) is 42.2 Å². The second kappa shape index (κ2) is 8.80. The highest BCUT2D eigenvalue weighted by Gasteiger charge is 2.20. The number of nitrogens with one attached hydrogen (secondary N) is 1. The molecule has 0 fully saturated rings. The van der Waals surface area contributed by atoms with E-state index < -0.39 is 15.0 Å². The van der Waals surface area contributed by atoms with Crippen LogP contribution in [0, 0.1) is 10.1 Å². The Hall–Kier alpha value is -3.31. The Morgan fingerprint density at radius 3 is 2.62 bits per heavy atom. The molecule has 1 heterocycles. The highest BCUT2D eigenvalue weighted by Crippen LogP contribution is 2.22. The predicted octanol–water partition coefficient (Wildman–Crippen LogP) is 2.79. The molecule has 1 amide bonds. The summed E-state index contributed by atoms with van der Waals surface area (Å²) in [7, 11) is -4.25. The van der Waals surface area contributed by atoms with E-state index in [0.717, 1.165) is 11.1 Å². The highest BCUT2D eigenvalue weighted by atomic mass is 32.2. The Morgan fingerprint density at radius 1 is 1.21 bits per heavy atom. The van der Waals surface area contributed by atoms with E-state index in [-0.39, 0.29) is 22.2 Å². The van der Waals surface area contributed by atoms with Crippen molar-refractivity contribution in [2.75, 3.05) is 6.54 Å². The summed E-state index contributed by atoms with van der Waals surface area (Å²) in [5.74, 6) is -0.328. The minimum absolute atomic E-state index is 0.0177. The van der Waals surface area contributed by atoms with Crippen LogP contribution < -0.4 is 9.50 Å². The number of carbonyl (C=O) groups excluding carboxylic acids is 1. The molecule has 1 N–H and O–H groups in total. The van der Waals surface area contributed by atoms with E-state index in [0.29, 0.717) is 18.5 Å². The quantitative estimate of drug-likeness (QED) is 0.328. The number of benzene rings is 2. The molecule has 0 saturated heterocycles. The second-order valence-corrected chi connectivity index (χ2v) is 8.27. The molecule has 3 rings (SSSR count). The van der Waals surface area contributed by atoms with Gasteiger partial charge in [0.25, 0.3) is 11.6 Å². The summed E-state index contributed by atoms with van der Waals surface area (Å²) in [5, 5.41) is 16.3. The van der Waals surface area contributed by atoms with Gasteiger partial charge in [-0.1, -0.05) is 6.07 Å². The van der Waals surface area contributed by atoms with E-state index in [1.807, 2.05) is 5.38 Å². The van der Waals surface area contributed by atoms with Crippen molar-refractivity contribution in [3.8, 4) is 5.75 Å². The summed E-state index contributed by atoms with van der Waals surface area (Å²) >= 11 is 1.50. The number of rotatable bonds is 8. The van der Waals surface area contributed by atoms with Crippen LogP contribution in [0.15, 0.2) is 65.0 Å². The van der Waals surface area contributed by atoms with E-state index in [9.17, 15) is 23.3 Å². The first-order valence-electron chi connectivity index (χ1n) is 8.31. The normalized spacial score (nSPS) is 11.0. The van der Waals surface area contributed by atoms with Gasteiger partial charge in [0.2, 0.25) is 0 Å². The lowest BCUT2D eigenvalue weighted by atomic mass is 10.2. The van der Waals surface area contributed by atoms with E-state index in [1.165, 1.54) is 53.8 Å². The van der Waals surface area contributed by atoms with E-state index in [4.69, 9.17) is 4.18 Å². The molecule has 11 heteroatoms. The largest absolute Gasteiger partial charge is 0.379 e. The second-order valence-electron chi connectivity index (χ2n) is 5.75. The third-order valence-electron chi connectivity index (χ3n) is 3.75. The lowest BCUT2D eigenvalue weighted by molar-refractivity contribution is -0.385. The Bertz CT molecular complexity index is 1110. The minimum Gasteiger partial charge on any atom is -0.379 e. The summed E-state index contributed by atoms with van der Waals surface area (Å²) in [6.45, 7) is 0.422. The minimum atomic E-state index is -4.25. The first kappa shape index (κ1) is 20.4. The zero-order valence-corrected chi connectivity index (χ0v) is 16.5. The van der Waals surface area contributed by atoms with Crippen LogP contribution in [0.5, 0.6) is 5.75 Å². The molecule has 0 aliphatic heterocycles. The lowest BCUT2D eigenvalue weighted by Gasteiger charge is -2.08. The standard InChI is InChI=1S/C18H15N3O6S2/c22-18(20-9-8-17-19-10-11-28-17)13-4-6-15(7-5-13)27-29(25,26)16-3-1-2-14(12-16)21(23)24/h1-7,10-12H,8-9H2,(H,20,22). The number of nitro benzene ring substituents is 1. The average molecular weight is 433 g/mol. The molecular weight excluding hydrogens is 418 g/mol. The van der Waals surface area contributed by atoms with Crippen molar-refractivity contribution >= 4 is 33.0 Å². The monoisotopic (exact) mass is 433 g/mol. The summed E-state index contributed by atoms with van der Waals surface area (Å²) in [5.41, 5.74) is -0.0244. The Balaban J connectivity index is 1.62. The van der Waals surface area contributed by atoms with Crippen LogP contribution in [0.1, 0.15) is 15.4 Å². The van der Waals surface area contributed by atoms with Crippen molar-refractivity contribution in [1.82, 2.24) is 10.3 Å². The van der Waals surface area contributed by atoms with Crippen LogP contribution in [0.3, 0.4) is 0 Å². The summed E-state index contributed by atoms with van der Waals surface area (Å²) in [4.78, 5) is 26.0. The Morgan fingerprint density at radius 2 is 1.97 bits per heavy atom. The van der Waals surface area contributed by atoms with Gasteiger partial charge in [-0.05, 0) is 30.3 Å². The highest BCUT2D eigenvalue weighted by molar-refractivity contribution is 7.87. The number of hydrogen-bond donors (Lipinski definition) is 1. The Kier molecular flexibility index (Phi) is 6.20. The molecule has 2 aromatic carbocycles. The predicted molar refractivity (Wildman–Crippen MR) is 106 cm³/mol. The molecule has 0 spiro atoms. The third-order valence-corrected chi connectivity index (χ3v) is 5.83. The molecule has 0 aliphatic rings. The molecule has 9 nitrogen and oxygen atoms in total. The number of aromatic nitrogens is 1. The maximum absolute atomic E-state index is 12.3.